The summed E-state index contributed by atoms with van der Waals surface area (Å²) in [5, 5.41) is 12.0. The van der Waals surface area contributed by atoms with Gasteiger partial charge in [-0.15, -0.1) is 26.3 Å². The van der Waals surface area contributed by atoms with Crippen LogP contribution in [0.3, 0.4) is 0 Å². The van der Waals surface area contributed by atoms with E-state index < -0.39 is 0 Å². The lowest BCUT2D eigenvalue weighted by molar-refractivity contribution is -0.176. The molecule has 0 aromatic heterocycles. The Morgan fingerprint density at radius 1 is 0.667 bits per heavy atom. The van der Waals surface area contributed by atoms with Gasteiger partial charge in [0.15, 0.2) is 0 Å². The summed E-state index contributed by atoms with van der Waals surface area (Å²) in [5.74, 6) is 0. The van der Waals surface area contributed by atoms with Gasteiger partial charge in [0.2, 0.25) is 0 Å². The molecule has 0 radical (unpaired) electrons. The van der Waals surface area contributed by atoms with E-state index in [1.54, 1.807) is 0 Å². The molecule has 0 aliphatic heterocycles. The van der Waals surface area contributed by atoms with Crippen LogP contribution in [0, 0.1) is 0 Å². The van der Waals surface area contributed by atoms with E-state index in [1.807, 2.05) is 0 Å². The summed E-state index contributed by atoms with van der Waals surface area (Å²) < 4.78 is 0. The Bertz CT molecular complexity index is 7.51. The zero-order valence-electron chi connectivity index (χ0n) is 3.72. The third-order valence-corrected chi connectivity index (χ3v) is 0. The molecule has 0 fully saturated rings. The van der Waals surface area contributed by atoms with Gasteiger partial charge in [-0.3, -0.25) is 10.5 Å². The van der Waals surface area contributed by atoms with Crippen LogP contribution in [-0.4, -0.2) is 10.5 Å². The summed E-state index contributed by atoms with van der Waals surface area (Å²) in [6.07, 6.45) is 0. The van der Waals surface area contributed by atoms with Crippen molar-refractivity contribution in [3.05, 3.63) is 26.3 Å². The van der Waals surface area contributed by atoms with Crippen molar-refractivity contribution in [2.24, 2.45) is 0 Å². The Kier molecular flexibility index (Phi) is 427. The highest BCUT2D eigenvalue weighted by Gasteiger charge is 0.745. The fourth-order valence-electron chi connectivity index (χ4n) is 0. The van der Waals surface area contributed by atoms with E-state index in [2.05, 4.69) is 26.3 Å². The van der Waals surface area contributed by atoms with E-state index in [9.17, 15) is 0 Å². The third kappa shape index (κ3) is 54.4. The van der Waals surface area contributed by atoms with E-state index >= 15 is 0 Å². The highest BCUT2D eigenvalue weighted by Crippen LogP contribution is 0.864. The number of rotatable bonds is 0. The summed E-state index contributed by atoms with van der Waals surface area (Å²) in [5.41, 5.74) is 0. The first-order chi connectivity index (χ1) is 3.00. The zero-order valence-corrected chi connectivity index (χ0v) is 3.72. The second-order valence-corrected chi connectivity index (χ2v) is 0. The minimum Gasteiger partial charge on any atom is -0.255 e. The van der Waals surface area contributed by atoms with E-state index in [-0.39, 0.29) is 0 Å². The number of hydrogen-bond acceptors (Lipinski definition) is 2. The molecule has 0 heterocycles. The fraction of sp³-hybridized carbons (Fsp3) is 0. The smallest absolute Gasteiger partial charge is 0.106 e. The molecule has 0 aromatic carbocycles. The monoisotopic (exact) mass is 90.1 g/mol. The van der Waals surface area contributed by atoms with Gasteiger partial charge in [-0.05, 0) is 0 Å². The molecular weight excluding hydrogens is 80.0 g/mol. The molecule has 0 rings (SSSR count). The first-order valence-corrected chi connectivity index (χ1v) is 1.20. The maximum atomic E-state index is 6.00. The van der Waals surface area contributed by atoms with Crippen molar-refractivity contribution in [1.82, 2.24) is 0 Å². The average molecular weight is 90.1 g/mol. The maximum Gasteiger partial charge on any atom is -0.106 e. The predicted molar refractivity (Wildman–Crippen MR) is 27.8 cm³/mol. The van der Waals surface area contributed by atoms with Crippen molar-refractivity contribution in [2.75, 3.05) is 0 Å². The van der Waals surface area contributed by atoms with Crippen LogP contribution in [0.25, 0.3) is 0 Å². The largest absolute Gasteiger partial charge is 0.255 e. The van der Waals surface area contributed by atoms with Crippen LogP contribution in [0.15, 0.2) is 26.3 Å². The van der Waals surface area contributed by atoms with Gasteiger partial charge in [-0.1, -0.05) is 0 Å². The second-order valence-electron chi connectivity index (χ2n) is 0. The summed E-state index contributed by atoms with van der Waals surface area (Å²) >= 11 is 0. The molecule has 2 heteroatoms. The van der Waals surface area contributed by atoms with Crippen molar-refractivity contribution in [1.29, 1.82) is 0 Å². The summed E-state index contributed by atoms with van der Waals surface area (Å²) in [7, 11) is 0. The third-order valence-electron chi connectivity index (χ3n) is 0. The number of hydrogen-bond donors (Lipinski definition) is 2. The Balaban J connectivity index is -0.0000000225. The van der Waals surface area contributed by atoms with Crippen molar-refractivity contribution >= 4 is 0 Å². The minimum absolute atomic E-state index is 3.00. The summed E-state index contributed by atoms with van der Waals surface area (Å²) in [6, 6.07) is 0. The lowest BCUT2D eigenvalue weighted by Crippen LogP contribution is -1.29. The molecule has 38 valence electrons. The molecule has 6 heavy (non-hydrogen) atoms. The molecule has 0 atom stereocenters. The van der Waals surface area contributed by atoms with E-state index in [1.165, 1.54) is 0 Å². The van der Waals surface area contributed by atoms with Crippen molar-refractivity contribution in [2.45, 2.75) is 0 Å². The van der Waals surface area contributed by atoms with Gasteiger partial charge < -0.3 is 0 Å². The van der Waals surface area contributed by atoms with E-state index in [0.29, 0.717) is 0 Å². The Morgan fingerprint density at radius 2 is 0.667 bits per heavy atom. The highest BCUT2D eigenvalue weighted by atomic mass is 17.0. The molecule has 2 N–H and O–H groups in total. The van der Waals surface area contributed by atoms with Gasteiger partial charge in [-0.25, -0.2) is 0 Å². The first-order valence-electron chi connectivity index (χ1n) is 1.20. The van der Waals surface area contributed by atoms with Gasteiger partial charge in [0.25, 0.3) is 0 Å². The van der Waals surface area contributed by atoms with Crippen LogP contribution >= 0.6 is 0 Å². The van der Waals surface area contributed by atoms with E-state index in [4.69, 9.17) is 10.5 Å². The van der Waals surface area contributed by atoms with Crippen LogP contribution in [0.2, 0.25) is 0 Å². The summed E-state index contributed by atoms with van der Waals surface area (Å²) in [6.45, 7) is 12.0. The van der Waals surface area contributed by atoms with E-state index in [0.717, 1.165) is 0 Å². The lowest BCUT2D eigenvalue weighted by atomic mass is 11.3. The SMILES string of the molecule is C=C.C=C.OO. The van der Waals surface area contributed by atoms with Crippen molar-refractivity contribution in [3.63, 3.8) is 0 Å². The van der Waals surface area contributed by atoms with Gasteiger partial charge >= 0.3 is 0 Å². The standard InChI is InChI=1S/2C2H4.H2O2/c3*1-2/h2*1-2H2;1-2H. The first kappa shape index (κ1) is 18.2. The molecule has 0 aromatic rings. The molecule has 0 bridgehead atoms. The Morgan fingerprint density at radius 3 is 0.667 bits per heavy atom. The van der Waals surface area contributed by atoms with Crippen molar-refractivity contribution < 1.29 is 10.5 Å². The maximum absolute atomic E-state index is 6.00. The molecule has 0 saturated heterocycles. The Labute approximate surface area is 38.0 Å². The molecule has 0 amide bonds. The zero-order chi connectivity index (χ0) is 6.00. The second kappa shape index (κ2) is 141. The quantitative estimate of drug-likeness (QED) is 0.269. The van der Waals surface area contributed by atoms with Crippen molar-refractivity contribution in [3.8, 4) is 0 Å². The minimum atomic E-state index is 3.00. The van der Waals surface area contributed by atoms with Crippen LogP contribution in [0.4, 0.5) is 0 Å². The molecule has 0 spiro atoms. The van der Waals surface area contributed by atoms with Crippen LogP contribution < -0.4 is 0 Å². The van der Waals surface area contributed by atoms with Gasteiger partial charge in [0.05, 0.1) is 0 Å². The topological polar surface area (TPSA) is 40.5 Å². The van der Waals surface area contributed by atoms with Gasteiger partial charge in [0.1, 0.15) is 0 Å². The lowest BCUT2D eigenvalue weighted by Gasteiger charge is -1.25. The average Bonchev–Trinajstić information content (AvgIpc) is 1.81. The summed E-state index contributed by atoms with van der Waals surface area (Å²) in [4.78, 5) is 0. The normalized spacial score (nSPS) is 2.33. The van der Waals surface area contributed by atoms with Crippen LogP contribution in [0.5, 0.6) is 0 Å². The highest BCUT2D eigenvalue weighted by molar-refractivity contribution is 4.22. The molecule has 0 aliphatic carbocycles. The molecule has 0 aliphatic rings. The fourth-order valence-corrected chi connectivity index (χ4v) is 0. The predicted octanol–water partition coefficient (Wildman–Crippen LogP) is 1.62. The van der Waals surface area contributed by atoms with Crippen LogP contribution in [0.1, 0.15) is 0 Å². The van der Waals surface area contributed by atoms with Gasteiger partial charge in [-0.2, -0.15) is 0 Å². The molecule has 0 saturated carbocycles. The molecular formula is C4H10O2. The van der Waals surface area contributed by atoms with Gasteiger partial charge in [0, 0.05) is 0 Å². The van der Waals surface area contributed by atoms with Crippen LogP contribution in [-0.2, 0) is 0 Å². The Hall–Kier alpha value is -0.600. The molecule has 0 unspecified atom stereocenters. The molecule has 2 nitrogen and oxygen atoms in total.